The Morgan fingerprint density at radius 1 is 1.08 bits per heavy atom. The van der Waals surface area contributed by atoms with Crippen molar-refractivity contribution in [3.63, 3.8) is 0 Å². The number of rotatable bonds is 1. The fourth-order valence-corrected chi connectivity index (χ4v) is 3.10. The highest BCUT2D eigenvalue weighted by molar-refractivity contribution is 7.15. The number of nitrogens with two attached hydrogens (primary N) is 1. The van der Waals surface area contributed by atoms with Crippen LogP contribution in [0.1, 0.15) is 49.3 Å². The van der Waals surface area contributed by atoms with E-state index in [0.717, 1.165) is 10.9 Å². The standard InChI is InChI=1S/C11H17NS/c12-11-8-7-10(13-11)9-5-3-1-2-4-6-9/h7-9H,1-6,12H2. The lowest BCUT2D eigenvalue weighted by Gasteiger charge is -2.10. The van der Waals surface area contributed by atoms with Crippen molar-refractivity contribution in [3.05, 3.63) is 17.0 Å². The van der Waals surface area contributed by atoms with E-state index in [9.17, 15) is 0 Å². The molecule has 1 nitrogen and oxygen atoms in total. The van der Waals surface area contributed by atoms with Crippen molar-refractivity contribution >= 4 is 16.3 Å². The second kappa shape index (κ2) is 4.14. The van der Waals surface area contributed by atoms with Crippen molar-refractivity contribution in [2.45, 2.75) is 44.4 Å². The molecule has 0 radical (unpaired) electrons. The zero-order valence-corrected chi connectivity index (χ0v) is 8.78. The monoisotopic (exact) mass is 195 g/mol. The zero-order valence-electron chi connectivity index (χ0n) is 7.96. The Bertz CT molecular complexity index is 259. The molecule has 1 aliphatic rings. The Hall–Kier alpha value is -0.500. The van der Waals surface area contributed by atoms with Crippen LogP contribution in [-0.4, -0.2) is 0 Å². The van der Waals surface area contributed by atoms with Gasteiger partial charge in [0.2, 0.25) is 0 Å². The van der Waals surface area contributed by atoms with Gasteiger partial charge in [-0.1, -0.05) is 25.7 Å². The lowest BCUT2D eigenvalue weighted by atomic mass is 9.99. The first-order valence-corrected chi connectivity index (χ1v) is 6.03. The largest absolute Gasteiger partial charge is 0.391 e. The second-order valence-corrected chi connectivity index (χ2v) is 5.08. The highest BCUT2D eigenvalue weighted by Gasteiger charge is 2.15. The molecule has 2 heteroatoms. The molecule has 13 heavy (non-hydrogen) atoms. The van der Waals surface area contributed by atoms with Gasteiger partial charge in [-0.25, -0.2) is 0 Å². The third kappa shape index (κ3) is 2.25. The maximum Gasteiger partial charge on any atom is 0.0859 e. The van der Waals surface area contributed by atoms with E-state index in [1.165, 1.54) is 43.4 Å². The van der Waals surface area contributed by atoms with Gasteiger partial charge in [0.1, 0.15) is 0 Å². The zero-order chi connectivity index (χ0) is 9.10. The van der Waals surface area contributed by atoms with Crippen LogP contribution in [0.2, 0.25) is 0 Å². The van der Waals surface area contributed by atoms with Crippen LogP contribution in [-0.2, 0) is 0 Å². The van der Waals surface area contributed by atoms with Gasteiger partial charge in [-0.3, -0.25) is 0 Å². The van der Waals surface area contributed by atoms with Gasteiger partial charge in [-0.2, -0.15) is 0 Å². The molecule has 1 fully saturated rings. The Balaban J connectivity index is 2.06. The van der Waals surface area contributed by atoms with E-state index in [4.69, 9.17) is 5.73 Å². The molecule has 2 N–H and O–H groups in total. The molecule has 0 aliphatic heterocycles. The van der Waals surface area contributed by atoms with Gasteiger partial charge >= 0.3 is 0 Å². The topological polar surface area (TPSA) is 26.0 Å². The van der Waals surface area contributed by atoms with E-state index in [-0.39, 0.29) is 0 Å². The summed E-state index contributed by atoms with van der Waals surface area (Å²) in [6.07, 6.45) is 8.42. The predicted molar refractivity (Wildman–Crippen MR) is 59.2 cm³/mol. The van der Waals surface area contributed by atoms with Gasteiger partial charge in [0, 0.05) is 4.88 Å². The summed E-state index contributed by atoms with van der Waals surface area (Å²) >= 11 is 1.78. The van der Waals surface area contributed by atoms with Crippen LogP contribution in [0.15, 0.2) is 12.1 Å². The molecule has 2 rings (SSSR count). The molecular weight excluding hydrogens is 178 g/mol. The number of nitrogen functional groups attached to an aromatic ring is 1. The maximum absolute atomic E-state index is 5.74. The Morgan fingerprint density at radius 3 is 2.31 bits per heavy atom. The molecule has 1 aromatic rings. The fourth-order valence-electron chi connectivity index (χ4n) is 2.15. The van der Waals surface area contributed by atoms with Crippen molar-refractivity contribution in [2.24, 2.45) is 0 Å². The van der Waals surface area contributed by atoms with E-state index in [2.05, 4.69) is 6.07 Å². The van der Waals surface area contributed by atoms with Crippen LogP contribution in [0.5, 0.6) is 0 Å². The highest BCUT2D eigenvalue weighted by atomic mass is 32.1. The summed E-state index contributed by atoms with van der Waals surface area (Å²) in [7, 11) is 0. The third-order valence-corrected chi connectivity index (χ3v) is 3.98. The van der Waals surface area contributed by atoms with Gasteiger partial charge in [-0.05, 0) is 30.9 Å². The molecular formula is C11H17NS. The Labute approximate surface area is 84.0 Å². The maximum atomic E-state index is 5.74. The van der Waals surface area contributed by atoms with Crippen LogP contribution in [0.4, 0.5) is 5.00 Å². The molecule has 0 amide bonds. The van der Waals surface area contributed by atoms with Gasteiger partial charge in [0.15, 0.2) is 0 Å². The van der Waals surface area contributed by atoms with Gasteiger partial charge in [-0.15, -0.1) is 11.3 Å². The minimum absolute atomic E-state index is 0.810. The third-order valence-electron chi connectivity index (χ3n) is 2.91. The van der Waals surface area contributed by atoms with E-state index in [1.54, 1.807) is 11.3 Å². The molecule has 0 aromatic carbocycles. The molecule has 0 spiro atoms. The summed E-state index contributed by atoms with van der Waals surface area (Å²) in [4.78, 5) is 1.51. The van der Waals surface area contributed by atoms with Crippen molar-refractivity contribution in [2.75, 3.05) is 5.73 Å². The van der Waals surface area contributed by atoms with Crippen LogP contribution >= 0.6 is 11.3 Å². The fraction of sp³-hybridized carbons (Fsp3) is 0.636. The Morgan fingerprint density at radius 2 is 1.77 bits per heavy atom. The van der Waals surface area contributed by atoms with Crippen LogP contribution in [0, 0.1) is 0 Å². The molecule has 0 bridgehead atoms. The average molecular weight is 195 g/mol. The summed E-state index contributed by atoms with van der Waals surface area (Å²) in [6, 6.07) is 4.26. The van der Waals surface area contributed by atoms with Crippen molar-refractivity contribution in [1.82, 2.24) is 0 Å². The van der Waals surface area contributed by atoms with E-state index in [1.807, 2.05) is 6.07 Å². The van der Waals surface area contributed by atoms with Crippen LogP contribution in [0.3, 0.4) is 0 Å². The van der Waals surface area contributed by atoms with Crippen molar-refractivity contribution in [1.29, 1.82) is 0 Å². The van der Waals surface area contributed by atoms with Crippen molar-refractivity contribution in [3.8, 4) is 0 Å². The van der Waals surface area contributed by atoms with Crippen LogP contribution < -0.4 is 5.73 Å². The Kier molecular flexibility index (Phi) is 2.89. The first-order valence-electron chi connectivity index (χ1n) is 5.21. The second-order valence-electron chi connectivity index (χ2n) is 3.93. The number of thiophene rings is 1. The van der Waals surface area contributed by atoms with E-state index >= 15 is 0 Å². The molecule has 1 aromatic heterocycles. The number of hydrogen-bond donors (Lipinski definition) is 1. The van der Waals surface area contributed by atoms with Gasteiger partial charge in [0.05, 0.1) is 5.00 Å². The van der Waals surface area contributed by atoms with Crippen molar-refractivity contribution < 1.29 is 0 Å². The van der Waals surface area contributed by atoms with E-state index < -0.39 is 0 Å². The summed E-state index contributed by atoms with van der Waals surface area (Å²) in [5.41, 5.74) is 5.74. The highest BCUT2D eigenvalue weighted by Crippen LogP contribution is 2.35. The summed E-state index contributed by atoms with van der Waals surface area (Å²) in [6.45, 7) is 0. The van der Waals surface area contributed by atoms with Gasteiger partial charge < -0.3 is 5.73 Å². The van der Waals surface area contributed by atoms with E-state index in [0.29, 0.717) is 0 Å². The normalized spacial score (nSPS) is 20.0. The van der Waals surface area contributed by atoms with Gasteiger partial charge in [0.25, 0.3) is 0 Å². The molecule has 1 aliphatic carbocycles. The molecule has 0 saturated heterocycles. The molecule has 0 atom stereocenters. The average Bonchev–Trinajstić information content (AvgIpc) is 2.43. The molecule has 1 heterocycles. The smallest absolute Gasteiger partial charge is 0.0859 e. The van der Waals surface area contributed by atoms with Crippen LogP contribution in [0.25, 0.3) is 0 Å². The lowest BCUT2D eigenvalue weighted by molar-refractivity contribution is 0.602. The first-order chi connectivity index (χ1) is 6.36. The lowest BCUT2D eigenvalue weighted by Crippen LogP contribution is -1.93. The predicted octanol–water partition coefficient (Wildman–Crippen LogP) is 3.77. The molecule has 0 unspecified atom stereocenters. The number of hydrogen-bond acceptors (Lipinski definition) is 2. The summed E-state index contributed by atoms with van der Waals surface area (Å²) < 4.78 is 0. The SMILES string of the molecule is Nc1ccc(C2CCCCCC2)s1. The quantitative estimate of drug-likeness (QED) is 0.678. The minimum atomic E-state index is 0.810. The summed E-state index contributed by atoms with van der Waals surface area (Å²) in [5.74, 6) is 0.810. The minimum Gasteiger partial charge on any atom is -0.391 e. The number of anilines is 1. The molecule has 72 valence electrons. The first kappa shape index (κ1) is 9.07. The summed E-state index contributed by atoms with van der Waals surface area (Å²) in [5, 5.41) is 0.972. The molecule has 1 saturated carbocycles.